The van der Waals surface area contributed by atoms with Crippen molar-refractivity contribution in [3.8, 4) is 6.07 Å². The molecule has 1 N–H and O–H groups in total. The molecule has 2 heterocycles. The monoisotopic (exact) mass is 339 g/mol. The van der Waals surface area contributed by atoms with Gasteiger partial charge in [0.15, 0.2) is 5.82 Å². The quantitative estimate of drug-likeness (QED) is 0.923. The van der Waals surface area contributed by atoms with E-state index in [1.807, 2.05) is 25.6 Å². The van der Waals surface area contributed by atoms with Gasteiger partial charge in [-0.05, 0) is 37.1 Å². The van der Waals surface area contributed by atoms with E-state index in [1.165, 1.54) is 17.2 Å². The van der Waals surface area contributed by atoms with Gasteiger partial charge in [0, 0.05) is 36.8 Å². The van der Waals surface area contributed by atoms with Crippen LogP contribution in [0.2, 0.25) is 0 Å². The Morgan fingerprint density at radius 3 is 2.54 bits per heavy atom. The van der Waals surface area contributed by atoms with Crippen LogP contribution in [-0.2, 0) is 6.54 Å². The lowest BCUT2D eigenvalue weighted by Crippen LogP contribution is -2.32. The van der Waals surface area contributed by atoms with Crippen molar-refractivity contribution in [2.24, 2.45) is 0 Å². The summed E-state index contributed by atoms with van der Waals surface area (Å²) in [7, 11) is 0. The maximum absolute atomic E-state index is 9.34. The van der Waals surface area contributed by atoms with Gasteiger partial charge in [0.05, 0.1) is 5.69 Å². The maximum Gasteiger partial charge on any atom is 0.167 e. The predicted octanol–water partition coefficient (Wildman–Crippen LogP) is 3.13. The standard InChI is InChI=1S/C18H21N5S/c1-13-14(2)21-22-18(17(13)11-19)20-12-15-3-5-16(6-4-15)23-7-9-24-10-8-23/h3-6H,7-10,12H2,1-2H3,(H,20,22). The van der Waals surface area contributed by atoms with Gasteiger partial charge in [-0.1, -0.05) is 12.1 Å². The molecule has 3 rings (SSSR count). The van der Waals surface area contributed by atoms with Crippen LogP contribution < -0.4 is 10.2 Å². The van der Waals surface area contributed by atoms with Crippen LogP contribution in [0.15, 0.2) is 24.3 Å². The van der Waals surface area contributed by atoms with Crippen molar-refractivity contribution < 1.29 is 0 Å². The van der Waals surface area contributed by atoms with Crippen LogP contribution in [0, 0.1) is 25.2 Å². The highest BCUT2D eigenvalue weighted by Crippen LogP contribution is 2.21. The molecule has 6 heteroatoms. The number of anilines is 2. The van der Waals surface area contributed by atoms with Gasteiger partial charge in [0.1, 0.15) is 11.6 Å². The largest absolute Gasteiger partial charge is 0.370 e. The zero-order chi connectivity index (χ0) is 16.9. The molecule has 2 aromatic rings. The summed E-state index contributed by atoms with van der Waals surface area (Å²) >= 11 is 2.02. The molecule has 1 aromatic carbocycles. The molecule has 1 aliphatic rings. The highest BCUT2D eigenvalue weighted by Gasteiger charge is 2.12. The molecular formula is C18H21N5S. The third-order valence-corrected chi connectivity index (χ3v) is 5.28. The van der Waals surface area contributed by atoms with E-state index in [0.29, 0.717) is 17.9 Å². The molecule has 0 amide bonds. The second-order valence-electron chi connectivity index (χ2n) is 5.87. The van der Waals surface area contributed by atoms with Crippen molar-refractivity contribution in [2.75, 3.05) is 34.8 Å². The van der Waals surface area contributed by atoms with Crippen molar-refractivity contribution in [2.45, 2.75) is 20.4 Å². The van der Waals surface area contributed by atoms with Gasteiger partial charge >= 0.3 is 0 Å². The summed E-state index contributed by atoms with van der Waals surface area (Å²) in [6, 6.07) is 10.8. The third-order valence-electron chi connectivity index (χ3n) is 4.34. The van der Waals surface area contributed by atoms with Crippen LogP contribution in [-0.4, -0.2) is 34.8 Å². The van der Waals surface area contributed by atoms with Crippen LogP contribution in [0.4, 0.5) is 11.5 Å². The average Bonchev–Trinajstić information content (AvgIpc) is 2.64. The molecule has 1 saturated heterocycles. The van der Waals surface area contributed by atoms with E-state index in [2.05, 4.69) is 50.7 Å². The summed E-state index contributed by atoms with van der Waals surface area (Å²) in [4.78, 5) is 2.43. The molecule has 0 spiro atoms. The maximum atomic E-state index is 9.34. The van der Waals surface area contributed by atoms with Gasteiger partial charge in [-0.2, -0.15) is 22.1 Å². The number of aromatic nitrogens is 2. The van der Waals surface area contributed by atoms with Gasteiger partial charge in [-0.3, -0.25) is 0 Å². The Morgan fingerprint density at radius 2 is 1.88 bits per heavy atom. The number of thioether (sulfide) groups is 1. The number of nitriles is 1. The highest BCUT2D eigenvalue weighted by atomic mass is 32.2. The first-order valence-electron chi connectivity index (χ1n) is 8.08. The Kier molecular flexibility index (Phi) is 5.21. The second kappa shape index (κ2) is 7.54. The lowest BCUT2D eigenvalue weighted by atomic mass is 10.1. The Labute approximate surface area is 147 Å². The molecule has 1 aromatic heterocycles. The molecule has 0 bridgehead atoms. The van der Waals surface area contributed by atoms with E-state index in [9.17, 15) is 5.26 Å². The van der Waals surface area contributed by atoms with Gasteiger partial charge in [-0.25, -0.2) is 0 Å². The fourth-order valence-electron chi connectivity index (χ4n) is 2.70. The second-order valence-corrected chi connectivity index (χ2v) is 7.09. The summed E-state index contributed by atoms with van der Waals surface area (Å²) in [6.07, 6.45) is 0. The molecule has 0 aliphatic carbocycles. The summed E-state index contributed by atoms with van der Waals surface area (Å²) in [5.74, 6) is 2.95. The molecule has 1 fully saturated rings. The van der Waals surface area contributed by atoms with Crippen LogP contribution in [0.25, 0.3) is 0 Å². The van der Waals surface area contributed by atoms with E-state index in [4.69, 9.17) is 0 Å². The molecule has 24 heavy (non-hydrogen) atoms. The molecular weight excluding hydrogens is 318 g/mol. The molecule has 5 nitrogen and oxygen atoms in total. The number of aryl methyl sites for hydroxylation is 1. The number of rotatable bonds is 4. The van der Waals surface area contributed by atoms with Crippen molar-refractivity contribution in [3.05, 3.63) is 46.6 Å². The van der Waals surface area contributed by atoms with Crippen LogP contribution >= 0.6 is 11.8 Å². The Balaban J connectivity index is 1.67. The number of hydrogen-bond donors (Lipinski definition) is 1. The summed E-state index contributed by atoms with van der Waals surface area (Å²) in [5.41, 5.74) is 4.69. The molecule has 0 atom stereocenters. The summed E-state index contributed by atoms with van der Waals surface area (Å²) < 4.78 is 0. The first kappa shape index (κ1) is 16.6. The van der Waals surface area contributed by atoms with E-state index in [-0.39, 0.29) is 0 Å². The van der Waals surface area contributed by atoms with Crippen LogP contribution in [0.3, 0.4) is 0 Å². The van der Waals surface area contributed by atoms with Gasteiger partial charge in [-0.15, -0.1) is 5.10 Å². The summed E-state index contributed by atoms with van der Waals surface area (Å²) in [5, 5.41) is 20.8. The molecule has 1 aliphatic heterocycles. The molecule has 124 valence electrons. The predicted molar refractivity (Wildman–Crippen MR) is 99.5 cm³/mol. The zero-order valence-electron chi connectivity index (χ0n) is 14.0. The lowest BCUT2D eigenvalue weighted by molar-refractivity contribution is 0.858. The molecule has 0 saturated carbocycles. The smallest absolute Gasteiger partial charge is 0.167 e. The SMILES string of the molecule is Cc1nnc(NCc2ccc(N3CCSCC3)cc2)c(C#N)c1C. The lowest BCUT2D eigenvalue weighted by Gasteiger charge is -2.28. The van der Waals surface area contributed by atoms with Crippen LogP contribution in [0.5, 0.6) is 0 Å². The first-order valence-corrected chi connectivity index (χ1v) is 9.24. The van der Waals surface area contributed by atoms with E-state index < -0.39 is 0 Å². The van der Waals surface area contributed by atoms with E-state index in [1.54, 1.807) is 0 Å². The fraction of sp³-hybridized carbons (Fsp3) is 0.389. The number of nitrogens with zero attached hydrogens (tertiary/aromatic N) is 4. The number of nitrogens with one attached hydrogen (secondary N) is 1. The minimum absolute atomic E-state index is 0.553. The van der Waals surface area contributed by atoms with Gasteiger partial charge in [0.25, 0.3) is 0 Å². The Hall–Kier alpha value is -2.26. The molecule has 0 unspecified atom stereocenters. The zero-order valence-corrected chi connectivity index (χ0v) is 14.9. The fourth-order valence-corrected chi connectivity index (χ4v) is 3.60. The van der Waals surface area contributed by atoms with Gasteiger partial charge < -0.3 is 10.2 Å². The normalized spacial score (nSPS) is 14.3. The van der Waals surface area contributed by atoms with Crippen molar-refractivity contribution in [1.82, 2.24) is 10.2 Å². The topological polar surface area (TPSA) is 64.8 Å². The van der Waals surface area contributed by atoms with Crippen molar-refractivity contribution in [3.63, 3.8) is 0 Å². The minimum Gasteiger partial charge on any atom is -0.370 e. The van der Waals surface area contributed by atoms with E-state index >= 15 is 0 Å². The minimum atomic E-state index is 0.553. The van der Waals surface area contributed by atoms with Crippen molar-refractivity contribution in [1.29, 1.82) is 5.26 Å². The van der Waals surface area contributed by atoms with Crippen molar-refractivity contribution >= 4 is 23.3 Å². The Bertz CT molecular complexity index is 745. The third kappa shape index (κ3) is 3.62. The van der Waals surface area contributed by atoms with Crippen LogP contribution in [0.1, 0.15) is 22.4 Å². The summed E-state index contributed by atoms with van der Waals surface area (Å²) in [6.45, 7) is 6.63. The molecule has 0 radical (unpaired) electrons. The van der Waals surface area contributed by atoms with E-state index in [0.717, 1.165) is 29.9 Å². The number of hydrogen-bond acceptors (Lipinski definition) is 6. The first-order chi connectivity index (χ1) is 11.7. The average molecular weight is 339 g/mol. The van der Waals surface area contributed by atoms with Gasteiger partial charge in [0.2, 0.25) is 0 Å². The number of benzene rings is 1. The Morgan fingerprint density at radius 1 is 1.17 bits per heavy atom. The highest BCUT2D eigenvalue weighted by molar-refractivity contribution is 7.99.